The summed E-state index contributed by atoms with van der Waals surface area (Å²) < 4.78 is 1.94. The maximum atomic E-state index is 12.2. The van der Waals surface area contributed by atoms with E-state index in [4.69, 9.17) is 0 Å². The lowest BCUT2D eigenvalue weighted by atomic mass is 9.96. The van der Waals surface area contributed by atoms with Gasteiger partial charge in [-0.2, -0.15) is 10.4 Å². The number of hydrogen-bond donors (Lipinski definition) is 3. The summed E-state index contributed by atoms with van der Waals surface area (Å²) in [5, 5.41) is 23.3. The van der Waals surface area contributed by atoms with E-state index in [0.717, 1.165) is 42.2 Å². The minimum atomic E-state index is -0.0598. The van der Waals surface area contributed by atoms with Gasteiger partial charge in [-0.3, -0.25) is 9.48 Å². The van der Waals surface area contributed by atoms with E-state index in [9.17, 15) is 10.1 Å². The van der Waals surface area contributed by atoms with Crippen molar-refractivity contribution in [3.63, 3.8) is 0 Å². The molecule has 1 amide bonds. The van der Waals surface area contributed by atoms with Crippen molar-refractivity contribution in [3.8, 4) is 17.3 Å². The van der Waals surface area contributed by atoms with Crippen molar-refractivity contribution in [3.05, 3.63) is 48.9 Å². The highest BCUT2D eigenvalue weighted by Gasteiger charge is 2.27. The van der Waals surface area contributed by atoms with Crippen LogP contribution in [0.2, 0.25) is 0 Å². The first-order chi connectivity index (χ1) is 17.7. The average Bonchev–Trinajstić information content (AvgIpc) is 3.32. The number of amides is 1. The molecule has 2 fully saturated rings. The molecular formula is C27H32N8O. The van der Waals surface area contributed by atoms with E-state index >= 15 is 0 Å². The van der Waals surface area contributed by atoms with Gasteiger partial charge in [0, 0.05) is 29.3 Å². The van der Waals surface area contributed by atoms with E-state index in [1.165, 1.54) is 25.7 Å². The Bertz CT molecular complexity index is 1220. The van der Waals surface area contributed by atoms with Gasteiger partial charge in [0.1, 0.15) is 0 Å². The third-order valence-corrected chi connectivity index (χ3v) is 6.96. The maximum Gasteiger partial charge on any atom is 0.238 e. The molecule has 2 saturated carbocycles. The molecule has 0 bridgehead atoms. The van der Waals surface area contributed by atoms with E-state index < -0.39 is 0 Å². The molecule has 0 saturated heterocycles. The first-order valence-electron chi connectivity index (χ1n) is 12.8. The van der Waals surface area contributed by atoms with Gasteiger partial charge < -0.3 is 16.0 Å². The molecule has 5 rings (SSSR count). The normalized spacial score (nSPS) is 16.4. The SMILES string of the molecule is N#CCC(C1CCCC1)n1cc(-c2ccnc(Nc3cccc(NC(=O)CNCC4CC4)c3)n2)cn1. The minimum Gasteiger partial charge on any atom is -0.325 e. The van der Waals surface area contributed by atoms with E-state index in [0.29, 0.717) is 30.5 Å². The van der Waals surface area contributed by atoms with Crippen molar-refractivity contribution < 1.29 is 4.79 Å². The molecule has 2 heterocycles. The van der Waals surface area contributed by atoms with E-state index in [2.05, 4.69) is 37.1 Å². The van der Waals surface area contributed by atoms with Crippen LogP contribution in [-0.4, -0.2) is 38.7 Å². The quantitative estimate of drug-likeness (QED) is 0.362. The van der Waals surface area contributed by atoms with E-state index in [-0.39, 0.29) is 11.9 Å². The van der Waals surface area contributed by atoms with Gasteiger partial charge in [0.25, 0.3) is 0 Å². The first-order valence-corrected chi connectivity index (χ1v) is 12.8. The fourth-order valence-electron chi connectivity index (χ4n) is 4.86. The summed E-state index contributed by atoms with van der Waals surface area (Å²) in [7, 11) is 0. The minimum absolute atomic E-state index is 0.0598. The van der Waals surface area contributed by atoms with Crippen LogP contribution in [0, 0.1) is 23.2 Å². The number of aromatic nitrogens is 4. The lowest BCUT2D eigenvalue weighted by Crippen LogP contribution is -2.29. The Hall–Kier alpha value is -3.77. The second-order valence-electron chi connectivity index (χ2n) is 9.78. The molecule has 9 nitrogen and oxygen atoms in total. The predicted octanol–water partition coefficient (Wildman–Crippen LogP) is 4.67. The van der Waals surface area contributed by atoms with Crippen LogP contribution in [0.4, 0.5) is 17.3 Å². The molecule has 0 spiro atoms. The number of anilines is 3. The van der Waals surface area contributed by atoms with Gasteiger partial charge in [0.15, 0.2) is 0 Å². The van der Waals surface area contributed by atoms with Crippen molar-refractivity contribution in [2.24, 2.45) is 11.8 Å². The molecular weight excluding hydrogens is 452 g/mol. The molecule has 2 aromatic heterocycles. The third kappa shape index (κ3) is 6.26. The van der Waals surface area contributed by atoms with Crippen molar-refractivity contribution in [1.82, 2.24) is 25.1 Å². The fourth-order valence-corrected chi connectivity index (χ4v) is 4.86. The van der Waals surface area contributed by atoms with Gasteiger partial charge in [-0.05, 0) is 68.3 Å². The summed E-state index contributed by atoms with van der Waals surface area (Å²) in [6.07, 6.45) is 13.2. The average molecular weight is 485 g/mol. The van der Waals surface area contributed by atoms with Crippen LogP contribution in [0.3, 0.4) is 0 Å². The summed E-state index contributed by atoms with van der Waals surface area (Å²) in [6, 6.07) is 11.8. The summed E-state index contributed by atoms with van der Waals surface area (Å²) in [5.41, 5.74) is 3.14. The molecule has 0 aliphatic heterocycles. The van der Waals surface area contributed by atoms with Gasteiger partial charge in [-0.1, -0.05) is 18.9 Å². The largest absolute Gasteiger partial charge is 0.325 e. The zero-order valence-corrected chi connectivity index (χ0v) is 20.4. The Balaban J connectivity index is 1.23. The van der Waals surface area contributed by atoms with Crippen LogP contribution in [0.25, 0.3) is 11.3 Å². The number of nitrogens with zero attached hydrogens (tertiary/aromatic N) is 5. The molecule has 9 heteroatoms. The molecule has 0 radical (unpaired) electrons. The standard InChI is InChI=1S/C27H32N8O/c28-12-10-25(20-4-1-2-5-20)35-18-21(16-31-35)24-11-13-30-27(34-24)33-23-7-3-6-22(14-23)32-26(36)17-29-15-19-8-9-19/h3,6-7,11,13-14,16,18-20,25,29H,1-2,4-5,8-10,15,17H2,(H,32,36)(H,30,33,34). The molecule has 36 heavy (non-hydrogen) atoms. The molecule has 1 unspecified atom stereocenters. The van der Waals surface area contributed by atoms with Crippen LogP contribution in [0.1, 0.15) is 51.0 Å². The van der Waals surface area contributed by atoms with Gasteiger partial charge in [0.2, 0.25) is 11.9 Å². The number of nitrogens with one attached hydrogen (secondary N) is 3. The maximum absolute atomic E-state index is 12.2. The summed E-state index contributed by atoms with van der Waals surface area (Å²) in [4.78, 5) is 21.2. The summed E-state index contributed by atoms with van der Waals surface area (Å²) in [5.74, 6) is 1.64. The second-order valence-corrected chi connectivity index (χ2v) is 9.78. The van der Waals surface area contributed by atoms with Gasteiger partial charge >= 0.3 is 0 Å². The Morgan fingerprint density at radius 3 is 2.81 bits per heavy atom. The highest BCUT2D eigenvalue weighted by molar-refractivity contribution is 5.92. The molecule has 1 aromatic carbocycles. The van der Waals surface area contributed by atoms with E-state index in [1.54, 1.807) is 12.4 Å². The highest BCUT2D eigenvalue weighted by Crippen LogP contribution is 2.36. The first kappa shape index (κ1) is 23.9. The smallest absolute Gasteiger partial charge is 0.238 e. The number of carbonyl (C=O) groups is 1. The van der Waals surface area contributed by atoms with Crippen molar-refractivity contribution in [1.29, 1.82) is 5.26 Å². The number of nitriles is 1. The Morgan fingerprint density at radius 1 is 1.17 bits per heavy atom. The molecule has 2 aliphatic rings. The zero-order valence-electron chi connectivity index (χ0n) is 20.4. The lowest BCUT2D eigenvalue weighted by Gasteiger charge is -2.21. The number of benzene rings is 1. The summed E-state index contributed by atoms with van der Waals surface area (Å²) in [6.45, 7) is 1.21. The van der Waals surface area contributed by atoms with Crippen molar-refractivity contribution in [2.75, 3.05) is 23.7 Å². The Kier molecular flexibility index (Phi) is 7.52. The Labute approximate surface area is 211 Å². The van der Waals surface area contributed by atoms with Crippen LogP contribution >= 0.6 is 0 Å². The Morgan fingerprint density at radius 2 is 2.00 bits per heavy atom. The lowest BCUT2D eigenvalue weighted by molar-refractivity contribution is -0.115. The summed E-state index contributed by atoms with van der Waals surface area (Å²) >= 11 is 0. The highest BCUT2D eigenvalue weighted by atomic mass is 16.1. The third-order valence-electron chi connectivity index (χ3n) is 6.96. The predicted molar refractivity (Wildman–Crippen MR) is 138 cm³/mol. The number of carbonyl (C=O) groups excluding carboxylic acids is 1. The topological polar surface area (TPSA) is 121 Å². The van der Waals surface area contributed by atoms with Crippen LogP contribution in [0.5, 0.6) is 0 Å². The zero-order chi connectivity index (χ0) is 24.7. The van der Waals surface area contributed by atoms with Gasteiger partial charge in [0.05, 0.1) is 37.0 Å². The number of hydrogen-bond acceptors (Lipinski definition) is 7. The molecule has 3 aromatic rings. The van der Waals surface area contributed by atoms with Crippen LogP contribution in [0.15, 0.2) is 48.9 Å². The van der Waals surface area contributed by atoms with Crippen molar-refractivity contribution >= 4 is 23.2 Å². The van der Waals surface area contributed by atoms with Crippen LogP contribution < -0.4 is 16.0 Å². The molecule has 186 valence electrons. The second kappa shape index (κ2) is 11.3. The molecule has 3 N–H and O–H groups in total. The fraction of sp³-hybridized carbons (Fsp3) is 0.444. The number of rotatable bonds is 11. The molecule has 1 atom stereocenters. The van der Waals surface area contributed by atoms with Crippen LogP contribution in [-0.2, 0) is 4.79 Å². The molecule has 2 aliphatic carbocycles. The monoisotopic (exact) mass is 484 g/mol. The van der Waals surface area contributed by atoms with Gasteiger partial charge in [-0.25, -0.2) is 9.97 Å². The van der Waals surface area contributed by atoms with Gasteiger partial charge in [-0.15, -0.1) is 0 Å². The van der Waals surface area contributed by atoms with E-state index in [1.807, 2.05) is 41.2 Å². The van der Waals surface area contributed by atoms with Crippen molar-refractivity contribution in [2.45, 2.75) is 51.0 Å².